The quantitative estimate of drug-likeness (QED) is 0.849. The monoisotopic (exact) mass is 231 g/mol. The number of fused-ring (bicyclic) bond motifs is 1. The molecule has 1 atom stereocenters. The fourth-order valence-corrected chi connectivity index (χ4v) is 2.36. The van der Waals surface area contributed by atoms with Crippen molar-refractivity contribution in [3.8, 4) is 0 Å². The highest BCUT2D eigenvalue weighted by molar-refractivity contribution is 5.83. The number of nitrogens with one attached hydrogen (secondary N) is 1. The maximum atomic E-state index is 5.69. The first-order valence-electron chi connectivity index (χ1n) is 6.08. The van der Waals surface area contributed by atoms with Crippen LogP contribution < -0.4 is 5.73 Å². The summed E-state index contributed by atoms with van der Waals surface area (Å²) in [6.45, 7) is 2.85. The van der Waals surface area contributed by atoms with Crippen LogP contribution in [0.25, 0.3) is 10.9 Å². The molecule has 1 heterocycles. The number of rotatable bonds is 4. The van der Waals surface area contributed by atoms with Crippen molar-refractivity contribution in [2.45, 2.75) is 19.4 Å². The molecule has 0 saturated heterocycles. The van der Waals surface area contributed by atoms with Gasteiger partial charge in [0.05, 0.1) is 6.04 Å². The highest BCUT2D eigenvalue weighted by Crippen LogP contribution is 2.26. The van der Waals surface area contributed by atoms with Crippen LogP contribution in [0.2, 0.25) is 0 Å². The Morgan fingerprint density at radius 3 is 2.71 bits per heavy atom. The number of aryl methyl sites for hydroxylation is 1. The highest BCUT2D eigenvalue weighted by Gasteiger charge is 2.15. The molecule has 2 aromatic rings. The average molecular weight is 231 g/mol. The summed E-state index contributed by atoms with van der Waals surface area (Å²) in [5.74, 6) is 0. The maximum absolute atomic E-state index is 5.69. The van der Waals surface area contributed by atoms with Gasteiger partial charge in [-0.15, -0.1) is 0 Å². The van der Waals surface area contributed by atoms with Crippen LogP contribution in [0.5, 0.6) is 0 Å². The SMILES string of the molecule is Cc1cccc2[nH]c(C(CCN)N(C)C)cc12. The van der Waals surface area contributed by atoms with Crippen LogP contribution in [0.3, 0.4) is 0 Å². The first-order chi connectivity index (χ1) is 8.13. The van der Waals surface area contributed by atoms with Gasteiger partial charge in [0.2, 0.25) is 0 Å². The molecule has 0 radical (unpaired) electrons. The number of hydrogen-bond acceptors (Lipinski definition) is 2. The van der Waals surface area contributed by atoms with Gasteiger partial charge in [0.25, 0.3) is 0 Å². The predicted octanol–water partition coefficient (Wildman–Crippen LogP) is 2.43. The lowest BCUT2D eigenvalue weighted by atomic mass is 10.1. The number of aromatic amines is 1. The van der Waals surface area contributed by atoms with E-state index in [1.807, 2.05) is 0 Å². The zero-order chi connectivity index (χ0) is 12.4. The van der Waals surface area contributed by atoms with Gasteiger partial charge in [0.1, 0.15) is 0 Å². The molecule has 0 fully saturated rings. The lowest BCUT2D eigenvalue weighted by Crippen LogP contribution is -2.22. The molecule has 0 bridgehead atoms. The van der Waals surface area contributed by atoms with Gasteiger partial charge in [0.15, 0.2) is 0 Å². The Kier molecular flexibility index (Phi) is 3.50. The summed E-state index contributed by atoms with van der Waals surface area (Å²) in [6, 6.07) is 8.98. The Morgan fingerprint density at radius 1 is 1.35 bits per heavy atom. The third-order valence-corrected chi connectivity index (χ3v) is 3.33. The molecular formula is C14H21N3. The standard InChI is InChI=1S/C14H21N3/c1-10-5-4-6-12-11(10)9-13(16-12)14(7-8-15)17(2)3/h4-6,9,14,16H,7-8,15H2,1-3H3. The molecule has 3 nitrogen and oxygen atoms in total. The molecule has 1 unspecified atom stereocenters. The van der Waals surface area contributed by atoms with Crippen molar-refractivity contribution in [3.63, 3.8) is 0 Å². The molecule has 0 aliphatic heterocycles. The van der Waals surface area contributed by atoms with Crippen LogP contribution in [0.15, 0.2) is 24.3 Å². The highest BCUT2D eigenvalue weighted by atomic mass is 15.1. The molecule has 0 saturated carbocycles. The first kappa shape index (κ1) is 12.1. The Balaban J connectivity index is 2.44. The number of H-pyrrole nitrogens is 1. The third-order valence-electron chi connectivity index (χ3n) is 3.33. The molecule has 3 N–H and O–H groups in total. The van der Waals surface area contributed by atoms with E-state index in [1.54, 1.807) is 0 Å². The lowest BCUT2D eigenvalue weighted by molar-refractivity contribution is 0.282. The van der Waals surface area contributed by atoms with Crippen LogP contribution in [0.1, 0.15) is 23.7 Å². The number of nitrogens with two attached hydrogens (primary N) is 1. The van der Waals surface area contributed by atoms with Crippen molar-refractivity contribution in [1.29, 1.82) is 0 Å². The summed E-state index contributed by atoms with van der Waals surface area (Å²) in [6.07, 6.45) is 0.971. The summed E-state index contributed by atoms with van der Waals surface area (Å²) in [7, 11) is 4.19. The smallest absolute Gasteiger partial charge is 0.0505 e. The summed E-state index contributed by atoms with van der Waals surface area (Å²) in [4.78, 5) is 5.72. The Hall–Kier alpha value is -1.32. The summed E-state index contributed by atoms with van der Waals surface area (Å²) >= 11 is 0. The first-order valence-corrected chi connectivity index (χ1v) is 6.08. The topological polar surface area (TPSA) is 45.1 Å². The molecule has 3 heteroatoms. The third kappa shape index (κ3) is 2.35. The van der Waals surface area contributed by atoms with E-state index in [0.29, 0.717) is 12.6 Å². The van der Waals surface area contributed by atoms with Gasteiger partial charge in [-0.05, 0) is 51.7 Å². The molecule has 0 spiro atoms. The van der Waals surface area contributed by atoms with Gasteiger partial charge in [-0.25, -0.2) is 0 Å². The van der Waals surface area contributed by atoms with Crippen molar-refractivity contribution < 1.29 is 0 Å². The predicted molar refractivity (Wildman–Crippen MR) is 73.1 cm³/mol. The maximum Gasteiger partial charge on any atom is 0.0505 e. The Labute approximate surface area is 103 Å². The van der Waals surface area contributed by atoms with E-state index in [2.05, 4.69) is 55.2 Å². The minimum atomic E-state index is 0.367. The van der Waals surface area contributed by atoms with Crippen molar-refractivity contribution in [2.24, 2.45) is 5.73 Å². The van der Waals surface area contributed by atoms with Gasteiger partial charge < -0.3 is 15.6 Å². The van der Waals surface area contributed by atoms with Crippen LogP contribution in [0, 0.1) is 6.92 Å². The molecule has 92 valence electrons. The van der Waals surface area contributed by atoms with E-state index >= 15 is 0 Å². The van der Waals surface area contributed by atoms with E-state index in [-0.39, 0.29) is 0 Å². The molecule has 0 amide bonds. The van der Waals surface area contributed by atoms with Gasteiger partial charge in [0, 0.05) is 16.6 Å². The van der Waals surface area contributed by atoms with E-state index in [1.165, 1.54) is 22.2 Å². The summed E-state index contributed by atoms with van der Waals surface area (Å²) < 4.78 is 0. The molecular weight excluding hydrogens is 210 g/mol. The zero-order valence-corrected chi connectivity index (χ0v) is 10.8. The number of nitrogens with zero attached hydrogens (tertiary/aromatic N) is 1. The van der Waals surface area contributed by atoms with Gasteiger partial charge in [-0.3, -0.25) is 0 Å². The van der Waals surface area contributed by atoms with Gasteiger partial charge >= 0.3 is 0 Å². The van der Waals surface area contributed by atoms with E-state index in [4.69, 9.17) is 5.73 Å². The second-order valence-electron chi connectivity index (χ2n) is 4.82. The average Bonchev–Trinajstić information content (AvgIpc) is 2.70. The second-order valence-corrected chi connectivity index (χ2v) is 4.82. The largest absolute Gasteiger partial charge is 0.357 e. The van der Waals surface area contributed by atoms with Gasteiger partial charge in [-0.1, -0.05) is 12.1 Å². The normalized spacial score (nSPS) is 13.5. The number of benzene rings is 1. The summed E-state index contributed by atoms with van der Waals surface area (Å²) in [5.41, 5.74) is 9.47. The summed E-state index contributed by atoms with van der Waals surface area (Å²) in [5, 5.41) is 1.31. The second kappa shape index (κ2) is 4.90. The van der Waals surface area contributed by atoms with Crippen LogP contribution in [0.4, 0.5) is 0 Å². The molecule has 2 rings (SSSR count). The molecule has 17 heavy (non-hydrogen) atoms. The molecule has 1 aromatic carbocycles. The van der Waals surface area contributed by atoms with Gasteiger partial charge in [-0.2, -0.15) is 0 Å². The minimum absolute atomic E-state index is 0.367. The van der Waals surface area contributed by atoms with Crippen molar-refractivity contribution in [2.75, 3.05) is 20.6 Å². The number of aromatic nitrogens is 1. The molecule has 0 aliphatic rings. The lowest BCUT2D eigenvalue weighted by Gasteiger charge is -2.22. The van der Waals surface area contributed by atoms with Crippen molar-refractivity contribution in [3.05, 3.63) is 35.5 Å². The van der Waals surface area contributed by atoms with E-state index in [9.17, 15) is 0 Å². The minimum Gasteiger partial charge on any atom is -0.357 e. The van der Waals surface area contributed by atoms with Crippen molar-refractivity contribution >= 4 is 10.9 Å². The van der Waals surface area contributed by atoms with Crippen molar-refractivity contribution in [1.82, 2.24) is 9.88 Å². The fraction of sp³-hybridized carbons (Fsp3) is 0.429. The molecule has 1 aromatic heterocycles. The van der Waals surface area contributed by atoms with E-state index < -0.39 is 0 Å². The van der Waals surface area contributed by atoms with Crippen LogP contribution >= 0.6 is 0 Å². The molecule has 0 aliphatic carbocycles. The number of hydrogen-bond donors (Lipinski definition) is 2. The van der Waals surface area contributed by atoms with Crippen LogP contribution in [-0.2, 0) is 0 Å². The van der Waals surface area contributed by atoms with Crippen LogP contribution in [-0.4, -0.2) is 30.5 Å². The zero-order valence-electron chi connectivity index (χ0n) is 10.8. The fourth-order valence-electron chi connectivity index (χ4n) is 2.36. The Morgan fingerprint density at radius 2 is 2.12 bits per heavy atom. The van der Waals surface area contributed by atoms with E-state index in [0.717, 1.165) is 6.42 Å². The Bertz CT molecular complexity index is 499.